The van der Waals surface area contributed by atoms with Crippen LogP contribution in [0.5, 0.6) is 0 Å². The van der Waals surface area contributed by atoms with Gasteiger partial charge in [-0.2, -0.15) is 9.50 Å². The number of carbonyl (C=O) groups excluding carboxylic acids is 1. The van der Waals surface area contributed by atoms with Crippen molar-refractivity contribution < 1.29 is 9.21 Å². The minimum absolute atomic E-state index is 0.0148. The van der Waals surface area contributed by atoms with Crippen molar-refractivity contribution in [2.75, 3.05) is 5.73 Å². The molecule has 1 unspecified atom stereocenters. The van der Waals surface area contributed by atoms with E-state index >= 15 is 0 Å². The highest BCUT2D eigenvalue weighted by Crippen LogP contribution is 2.32. The molecule has 7 nitrogen and oxygen atoms in total. The molecule has 7 heteroatoms. The first-order chi connectivity index (χ1) is 9.72. The highest BCUT2D eigenvalue weighted by molar-refractivity contribution is 5.98. The van der Waals surface area contributed by atoms with Crippen molar-refractivity contribution in [1.29, 1.82) is 0 Å². The molecule has 0 amide bonds. The predicted octanol–water partition coefficient (Wildman–Crippen LogP) is 1.21. The number of nitrogens with zero attached hydrogens (tertiary/aromatic N) is 4. The van der Waals surface area contributed by atoms with E-state index in [9.17, 15) is 4.79 Å². The van der Waals surface area contributed by atoms with Crippen molar-refractivity contribution in [2.45, 2.75) is 18.8 Å². The number of furan rings is 1. The summed E-state index contributed by atoms with van der Waals surface area (Å²) in [6, 6.07) is 3.71. The minimum atomic E-state index is 0.0148. The van der Waals surface area contributed by atoms with E-state index in [-0.39, 0.29) is 17.6 Å². The second-order valence-electron chi connectivity index (χ2n) is 4.84. The Labute approximate surface area is 113 Å². The molecule has 0 saturated heterocycles. The number of anilines is 1. The third-order valence-electron chi connectivity index (χ3n) is 3.60. The van der Waals surface area contributed by atoms with Gasteiger partial charge < -0.3 is 10.2 Å². The molecule has 3 aromatic heterocycles. The van der Waals surface area contributed by atoms with E-state index < -0.39 is 0 Å². The molecule has 0 spiro atoms. The molecule has 3 heterocycles. The lowest BCUT2D eigenvalue weighted by Gasteiger charge is -2.21. The topological polar surface area (TPSA) is 99.3 Å². The fourth-order valence-electron chi connectivity index (χ4n) is 2.69. The van der Waals surface area contributed by atoms with Crippen LogP contribution in [0.3, 0.4) is 0 Å². The van der Waals surface area contributed by atoms with Crippen molar-refractivity contribution in [3.8, 4) is 0 Å². The average Bonchev–Trinajstić information content (AvgIpc) is 3.06. The molecule has 1 atom stereocenters. The van der Waals surface area contributed by atoms with Gasteiger partial charge in [-0.15, -0.1) is 5.10 Å². The summed E-state index contributed by atoms with van der Waals surface area (Å²) in [5.41, 5.74) is 6.98. The number of nitrogens with two attached hydrogens (primary N) is 1. The molecule has 20 heavy (non-hydrogen) atoms. The van der Waals surface area contributed by atoms with Gasteiger partial charge >= 0.3 is 0 Å². The van der Waals surface area contributed by atoms with Crippen LogP contribution >= 0.6 is 0 Å². The second-order valence-corrected chi connectivity index (χ2v) is 4.84. The minimum Gasteiger partial charge on any atom is -0.469 e. The van der Waals surface area contributed by atoms with Gasteiger partial charge in [0.2, 0.25) is 5.95 Å². The Bertz CT molecular complexity index is 806. The number of nitrogen functional groups attached to an aromatic ring is 1. The number of hydrogen-bond donors (Lipinski definition) is 1. The first-order valence-corrected chi connectivity index (χ1v) is 6.29. The van der Waals surface area contributed by atoms with E-state index in [0.29, 0.717) is 24.2 Å². The Hall–Kier alpha value is -2.70. The van der Waals surface area contributed by atoms with Crippen molar-refractivity contribution >= 4 is 17.5 Å². The van der Waals surface area contributed by atoms with Gasteiger partial charge in [-0.3, -0.25) is 4.79 Å². The molecule has 0 bridgehead atoms. The van der Waals surface area contributed by atoms with Gasteiger partial charge in [-0.1, -0.05) is 0 Å². The largest absolute Gasteiger partial charge is 0.469 e. The van der Waals surface area contributed by atoms with Gasteiger partial charge in [0.15, 0.2) is 5.78 Å². The molecular weight excluding hydrogens is 258 g/mol. The standard InChI is InChI=1S/C13H11N5O2/c14-12-16-13-15-6-8-9(18(13)17-12)4-7(5-10(8)19)11-2-1-3-20-11/h1-3,6-7H,4-5H2,(H2,14,17). The second kappa shape index (κ2) is 3.89. The van der Waals surface area contributed by atoms with Crippen molar-refractivity contribution in [3.05, 3.63) is 41.6 Å². The molecule has 0 aliphatic heterocycles. The van der Waals surface area contributed by atoms with Gasteiger partial charge in [0.1, 0.15) is 5.76 Å². The summed E-state index contributed by atoms with van der Waals surface area (Å²) in [5.74, 6) is 1.42. The van der Waals surface area contributed by atoms with Crippen molar-refractivity contribution in [1.82, 2.24) is 19.6 Å². The first kappa shape index (κ1) is 11.2. The van der Waals surface area contributed by atoms with E-state index in [1.54, 1.807) is 17.0 Å². The number of hydrogen-bond acceptors (Lipinski definition) is 6. The van der Waals surface area contributed by atoms with Gasteiger partial charge in [0, 0.05) is 25.0 Å². The summed E-state index contributed by atoms with van der Waals surface area (Å²) in [4.78, 5) is 20.4. The van der Waals surface area contributed by atoms with Crippen LogP contribution in [-0.2, 0) is 6.42 Å². The summed E-state index contributed by atoms with van der Waals surface area (Å²) in [7, 11) is 0. The summed E-state index contributed by atoms with van der Waals surface area (Å²) < 4.78 is 6.97. The number of Topliss-reactive ketones (excluding diaryl/α,β-unsaturated/α-hetero) is 1. The van der Waals surface area contributed by atoms with E-state index in [4.69, 9.17) is 10.2 Å². The lowest BCUT2D eigenvalue weighted by atomic mass is 9.85. The molecule has 2 N–H and O–H groups in total. The summed E-state index contributed by atoms with van der Waals surface area (Å²) in [6.45, 7) is 0. The van der Waals surface area contributed by atoms with Gasteiger partial charge in [-0.05, 0) is 12.1 Å². The van der Waals surface area contributed by atoms with Crippen LogP contribution in [-0.4, -0.2) is 25.4 Å². The molecule has 0 saturated carbocycles. The van der Waals surface area contributed by atoms with Crippen LogP contribution in [0.4, 0.5) is 5.95 Å². The Balaban J connectivity index is 1.88. The van der Waals surface area contributed by atoms with Crippen LogP contribution in [0, 0.1) is 0 Å². The quantitative estimate of drug-likeness (QED) is 0.712. The van der Waals surface area contributed by atoms with E-state index in [0.717, 1.165) is 11.5 Å². The van der Waals surface area contributed by atoms with Crippen LogP contribution in [0.15, 0.2) is 29.0 Å². The van der Waals surface area contributed by atoms with E-state index in [1.165, 1.54) is 0 Å². The smallest absolute Gasteiger partial charge is 0.254 e. The number of carbonyl (C=O) groups is 1. The molecule has 3 aromatic rings. The van der Waals surface area contributed by atoms with Gasteiger partial charge in [0.05, 0.1) is 17.5 Å². The maximum atomic E-state index is 12.3. The Morgan fingerprint density at radius 1 is 1.40 bits per heavy atom. The number of aromatic nitrogens is 4. The van der Waals surface area contributed by atoms with Crippen molar-refractivity contribution in [2.24, 2.45) is 0 Å². The fraction of sp³-hybridized carbons (Fsp3) is 0.231. The molecule has 1 aliphatic carbocycles. The van der Waals surface area contributed by atoms with Crippen LogP contribution in [0.25, 0.3) is 5.78 Å². The SMILES string of the molecule is Nc1nc2ncc3c(n2n1)CC(c1ccco1)CC3=O. The monoisotopic (exact) mass is 269 g/mol. The maximum Gasteiger partial charge on any atom is 0.254 e. The molecule has 100 valence electrons. The Morgan fingerprint density at radius 2 is 2.30 bits per heavy atom. The molecule has 4 rings (SSSR count). The molecule has 0 radical (unpaired) electrons. The van der Waals surface area contributed by atoms with E-state index in [1.807, 2.05) is 12.1 Å². The third kappa shape index (κ3) is 1.52. The summed E-state index contributed by atoms with van der Waals surface area (Å²) in [5, 5.41) is 4.11. The molecule has 0 fully saturated rings. The first-order valence-electron chi connectivity index (χ1n) is 6.29. The van der Waals surface area contributed by atoms with E-state index in [2.05, 4.69) is 15.1 Å². The highest BCUT2D eigenvalue weighted by Gasteiger charge is 2.30. The zero-order valence-electron chi connectivity index (χ0n) is 10.5. The van der Waals surface area contributed by atoms with Crippen molar-refractivity contribution in [3.63, 3.8) is 0 Å². The highest BCUT2D eigenvalue weighted by atomic mass is 16.3. The predicted molar refractivity (Wildman–Crippen MR) is 69.3 cm³/mol. The van der Waals surface area contributed by atoms with Crippen LogP contribution < -0.4 is 5.73 Å². The average molecular weight is 269 g/mol. The maximum absolute atomic E-state index is 12.3. The third-order valence-corrected chi connectivity index (χ3v) is 3.60. The fourth-order valence-corrected chi connectivity index (χ4v) is 2.69. The summed E-state index contributed by atoms with van der Waals surface area (Å²) >= 11 is 0. The van der Waals surface area contributed by atoms with Gasteiger partial charge in [-0.25, -0.2) is 4.98 Å². The Kier molecular flexibility index (Phi) is 2.17. The number of rotatable bonds is 1. The zero-order chi connectivity index (χ0) is 13.7. The number of fused-ring (bicyclic) bond motifs is 3. The van der Waals surface area contributed by atoms with Crippen LogP contribution in [0.2, 0.25) is 0 Å². The number of ketones is 1. The van der Waals surface area contributed by atoms with Gasteiger partial charge in [0.25, 0.3) is 5.78 Å². The molecule has 0 aromatic carbocycles. The Morgan fingerprint density at radius 3 is 3.10 bits per heavy atom. The summed E-state index contributed by atoms with van der Waals surface area (Å²) in [6.07, 6.45) is 4.23. The molecular formula is C13H11N5O2. The zero-order valence-corrected chi connectivity index (χ0v) is 10.5. The molecule has 1 aliphatic rings. The lowest BCUT2D eigenvalue weighted by molar-refractivity contribution is 0.0958. The van der Waals surface area contributed by atoms with Crippen LogP contribution in [0.1, 0.15) is 34.2 Å². The lowest BCUT2D eigenvalue weighted by Crippen LogP contribution is -2.22. The normalized spacial score (nSPS) is 18.4.